The molecule has 1 saturated heterocycles. The Morgan fingerprint density at radius 2 is 1.87 bits per heavy atom. The molecule has 0 bridgehead atoms. The van der Waals surface area contributed by atoms with Crippen LogP contribution in [0.4, 0.5) is 18.9 Å². The van der Waals surface area contributed by atoms with Crippen molar-refractivity contribution in [3.63, 3.8) is 0 Å². The van der Waals surface area contributed by atoms with Crippen LogP contribution in [0, 0.1) is 6.92 Å². The minimum atomic E-state index is -4.75. The highest BCUT2D eigenvalue weighted by Crippen LogP contribution is 2.43. The highest BCUT2D eigenvalue weighted by molar-refractivity contribution is 8.14. The second kappa shape index (κ2) is 12.5. The second-order valence-electron chi connectivity index (χ2n) is 10.5. The van der Waals surface area contributed by atoms with Crippen molar-refractivity contribution in [2.45, 2.75) is 39.5 Å². The number of nitrogens with one attached hydrogen (secondary N) is 1. The number of hydrogen-bond donors (Lipinski definition) is 1. The molecule has 1 aromatic heterocycles. The zero-order valence-corrected chi connectivity index (χ0v) is 26.2. The van der Waals surface area contributed by atoms with Crippen LogP contribution in [0.2, 0.25) is 0 Å². The van der Waals surface area contributed by atoms with Gasteiger partial charge in [-0.1, -0.05) is 68.1 Å². The third-order valence-electron chi connectivity index (χ3n) is 7.31. The number of halogens is 3. The van der Waals surface area contributed by atoms with Gasteiger partial charge >= 0.3 is 6.36 Å². The Labute approximate surface area is 267 Å². The van der Waals surface area contributed by atoms with Gasteiger partial charge in [-0.25, -0.2) is 9.67 Å². The molecule has 0 radical (unpaired) electrons. The van der Waals surface area contributed by atoms with Crippen LogP contribution in [0.3, 0.4) is 0 Å². The van der Waals surface area contributed by atoms with Crippen molar-refractivity contribution in [1.29, 1.82) is 0 Å². The first-order valence-corrected chi connectivity index (χ1v) is 15.6. The number of aryl methyl sites for hydroxylation is 1. The van der Waals surface area contributed by atoms with Crippen molar-refractivity contribution >= 4 is 45.7 Å². The molecule has 1 N–H and O–H groups in total. The highest BCUT2D eigenvalue weighted by Gasteiger charge is 2.33. The average molecular weight is 648 g/mol. The largest absolute Gasteiger partial charge is 0.573 e. The molecule has 0 amide bonds. The maximum absolute atomic E-state index is 12.4. The van der Waals surface area contributed by atoms with Crippen molar-refractivity contribution in [3.8, 4) is 22.8 Å². The predicted molar refractivity (Wildman–Crippen MR) is 176 cm³/mol. The summed E-state index contributed by atoms with van der Waals surface area (Å²) >= 11 is 7.22. The third kappa shape index (κ3) is 6.79. The number of thioether (sulfide) groups is 1. The van der Waals surface area contributed by atoms with Crippen molar-refractivity contribution < 1.29 is 17.9 Å². The van der Waals surface area contributed by atoms with Crippen LogP contribution in [0.25, 0.3) is 17.1 Å². The molecule has 1 atom stereocenters. The number of anilines is 1. The van der Waals surface area contributed by atoms with Crippen molar-refractivity contribution in [3.05, 3.63) is 102 Å². The molecule has 45 heavy (non-hydrogen) atoms. The molecule has 1 fully saturated rings. The zero-order valence-electron chi connectivity index (χ0n) is 24.5. The molecule has 0 spiro atoms. The van der Waals surface area contributed by atoms with E-state index in [1.165, 1.54) is 52.1 Å². The molecule has 2 aliphatic heterocycles. The number of hydrogen-bond acceptors (Lipinski definition) is 6. The maximum Gasteiger partial charge on any atom is 0.573 e. The van der Waals surface area contributed by atoms with E-state index in [4.69, 9.17) is 17.2 Å². The Morgan fingerprint density at radius 1 is 1.11 bits per heavy atom. The smallest absolute Gasteiger partial charge is 0.406 e. The summed E-state index contributed by atoms with van der Waals surface area (Å²) < 4.78 is 42.7. The van der Waals surface area contributed by atoms with Crippen LogP contribution >= 0.6 is 24.0 Å². The summed E-state index contributed by atoms with van der Waals surface area (Å²) in [6.07, 6.45) is -0.304. The van der Waals surface area contributed by atoms with Gasteiger partial charge < -0.3 is 4.74 Å². The number of fused-ring (bicyclic) bond motifs is 3. The molecule has 8 nitrogen and oxygen atoms in total. The molecule has 3 heterocycles. The number of nitrogens with zero attached hydrogens (tertiary/aromatic N) is 6. The Bertz CT molecular complexity index is 1830. The minimum absolute atomic E-state index is 0.280. The van der Waals surface area contributed by atoms with Gasteiger partial charge in [0.1, 0.15) is 12.1 Å². The number of alkyl halides is 3. The molecular formula is C32H28F3N7OS2. The molecule has 230 valence electrons. The number of allylic oxidation sites excluding steroid dienone is 1. The number of thiocarbonyl (C=S) groups is 1. The molecular weight excluding hydrogens is 620 g/mol. The lowest BCUT2D eigenvalue weighted by Crippen LogP contribution is -2.29. The first kappa shape index (κ1) is 30.5. The fourth-order valence-electron chi connectivity index (χ4n) is 5.17. The van der Waals surface area contributed by atoms with Gasteiger partial charge in [0.2, 0.25) is 5.11 Å². The number of aromatic nitrogens is 3. The lowest BCUT2D eigenvalue weighted by atomic mass is 9.93. The van der Waals surface area contributed by atoms with Gasteiger partial charge in [-0.15, -0.1) is 18.3 Å². The van der Waals surface area contributed by atoms with Crippen LogP contribution in [-0.4, -0.2) is 42.9 Å². The van der Waals surface area contributed by atoms with E-state index in [9.17, 15) is 13.2 Å². The van der Waals surface area contributed by atoms with Crippen LogP contribution < -0.4 is 15.1 Å². The zero-order chi connectivity index (χ0) is 31.7. The Balaban J connectivity index is 1.13. The van der Waals surface area contributed by atoms with Crippen molar-refractivity contribution in [1.82, 2.24) is 20.2 Å². The molecule has 2 aliphatic rings. The molecule has 4 aromatic rings. The summed E-state index contributed by atoms with van der Waals surface area (Å²) in [7, 11) is 0. The first-order chi connectivity index (χ1) is 21.6. The lowest BCUT2D eigenvalue weighted by molar-refractivity contribution is -0.274. The van der Waals surface area contributed by atoms with Crippen molar-refractivity contribution in [2.75, 3.05) is 10.7 Å². The van der Waals surface area contributed by atoms with Gasteiger partial charge in [0, 0.05) is 22.9 Å². The van der Waals surface area contributed by atoms with Crippen LogP contribution in [-0.2, 0) is 0 Å². The molecule has 0 saturated carbocycles. The number of aliphatic imine (C=N–C) groups is 1. The third-order valence-corrected chi connectivity index (χ3v) is 8.46. The molecule has 13 heteroatoms. The van der Waals surface area contributed by atoms with Crippen LogP contribution in [0.15, 0.2) is 94.9 Å². The van der Waals surface area contributed by atoms with Gasteiger partial charge in [0.05, 0.1) is 17.1 Å². The Morgan fingerprint density at radius 3 is 2.58 bits per heavy atom. The standard InChI is InChI=1S/C32H28F3N7OS2/c1-4-27(38-39-30(44)37-31-42-24(17-45-31)16-20(3)26-14-5-19(2)15-28(26)42)21-6-8-22(9-7-21)29-36-18-41(40-29)23-10-12-25(13-11-23)43-32(33,34)35/h5-16,18,20H,4,17H2,1-3H3,(H,39,44)/b37-31?,38-27+. The average Bonchev–Trinajstić information content (AvgIpc) is 3.65. The monoisotopic (exact) mass is 647 g/mol. The SMILES string of the molecule is CC/C(=N\NC(=S)N=C1SCC2=CC(C)c3ccc(C)cc3N21)c1ccc(-c2ncn(-c3ccc(OC(F)(F)F)cc3)n2)cc1. The fourth-order valence-corrected chi connectivity index (χ4v) is 6.36. The topological polar surface area (TPSA) is 79.9 Å². The molecule has 1 unspecified atom stereocenters. The van der Waals surface area contributed by atoms with Gasteiger partial charge in [-0.2, -0.15) is 10.1 Å². The van der Waals surface area contributed by atoms with Crippen LogP contribution in [0.5, 0.6) is 5.75 Å². The van der Waals surface area contributed by atoms with Crippen molar-refractivity contribution in [2.24, 2.45) is 10.1 Å². The lowest BCUT2D eigenvalue weighted by Gasteiger charge is -2.30. The minimum Gasteiger partial charge on any atom is -0.406 e. The van der Waals surface area contributed by atoms with Gasteiger partial charge in [-0.3, -0.25) is 10.3 Å². The summed E-state index contributed by atoms with van der Waals surface area (Å²) in [5.74, 6) is 1.34. The van der Waals surface area contributed by atoms with E-state index in [1.807, 2.05) is 31.2 Å². The Hall–Kier alpha value is -4.49. The van der Waals surface area contributed by atoms with Gasteiger partial charge in [0.25, 0.3) is 0 Å². The van der Waals surface area contributed by atoms with E-state index in [0.29, 0.717) is 23.9 Å². The highest BCUT2D eigenvalue weighted by atomic mass is 32.2. The van der Waals surface area contributed by atoms with E-state index >= 15 is 0 Å². The number of rotatable bonds is 6. The van der Waals surface area contributed by atoms with E-state index in [-0.39, 0.29) is 10.9 Å². The molecule has 3 aromatic carbocycles. The number of ether oxygens (including phenoxy) is 1. The summed E-state index contributed by atoms with van der Waals surface area (Å²) in [4.78, 5) is 11.3. The van der Waals surface area contributed by atoms with E-state index in [0.717, 1.165) is 33.4 Å². The van der Waals surface area contributed by atoms with Gasteiger partial charge in [0.15, 0.2) is 11.0 Å². The van der Waals surface area contributed by atoms with Gasteiger partial charge in [-0.05, 0) is 72.6 Å². The molecule has 0 aliphatic carbocycles. The Kier molecular flexibility index (Phi) is 8.47. The first-order valence-electron chi connectivity index (χ1n) is 14.2. The second-order valence-corrected chi connectivity index (χ2v) is 11.8. The molecule has 6 rings (SSSR count). The maximum atomic E-state index is 12.4. The summed E-state index contributed by atoms with van der Waals surface area (Å²) in [5.41, 5.74) is 10.8. The summed E-state index contributed by atoms with van der Waals surface area (Å²) in [6, 6.07) is 19.6. The number of amidine groups is 1. The quantitative estimate of drug-likeness (QED) is 0.130. The normalized spacial score (nSPS) is 17.2. The number of benzene rings is 3. The summed E-state index contributed by atoms with van der Waals surface area (Å²) in [6.45, 7) is 6.31. The van der Waals surface area contributed by atoms with E-state index in [1.54, 1.807) is 11.8 Å². The predicted octanol–water partition coefficient (Wildman–Crippen LogP) is 7.74. The fraction of sp³-hybridized carbons (Fsp3) is 0.219. The number of hydrazone groups is 1. The van der Waals surface area contributed by atoms with Crippen LogP contribution in [0.1, 0.15) is 42.9 Å². The van der Waals surface area contributed by atoms with E-state index in [2.05, 4.69) is 68.4 Å². The van der Waals surface area contributed by atoms with E-state index < -0.39 is 6.36 Å². The summed E-state index contributed by atoms with van der Waals surface area (Å²) in [5, 5.41) is 10.1.